The number of benzene rings is 2. The second-order valence-corrected chi connectivity index (χ2v) is 6.54. The summed E-state index contributed by atoms with van der Waals surface area (Å²) in [5.41, 5.74) is -0.132. The first kappa shape index (κ1) is 18.9. The van der Waals surface area contributed by atoms with Gasteiger partial charge in [0.2, 0.25) is 0 Å². The summed E-state index contributed by atoms with van der Waals surface area (Å²) in [5, 5.41) is 3.02. The topological polar surface area (TPSA) is 73.9 Å². The van der Waals surface area contributed by atoms with E-state index in [2.05, 4.69) is 5.32 Å². The monoisotopic (exact) mass is 369 g/mol. The van der Waals surface area contributed by atoms with Crippen molar-refractivity contribution in [3.8, 4) is 11.5 Å². The Morgan fingerprint density at radius 3 is 2.26 bits per heavy atom. The van der Waals surface area contributed by atoms with Gasteiger partial charge in [0.1, 0.15) is 11.5 Å². The molecule has 1 amide bonds. The molecule has 1 fully saturated rings. The van der Waals surface area contributed by atoms with E-state index in [1.54, 1.807) is 24.3 Å². The van der Waals surface area contributed by atoms with Gasteiger partial charge in [0.15, 0.2) is 0 Å². The first-order valence-electron chi connectivity index (χ1n) is 8.90. The van der Waals surface area contributed by atoms with Gasteiger partial charge >= 0.3 is 5.97 Å². The lowest BCUT2D eigenvalue weighted by Crippen LogP contribution is -2.53. The molecule has 0 bridgehead atoms. The summed E-state index contributed by atoms with van der Waals surface area (Å²) in [7, 11) is 1.35. The first-order chi connectivity index (χ1) is 13.1. The van der Waals surface area contributed by atoms with Gasteiger partial charge in [0, 0.05) is 18.8 Å². The molecule has 0 aromatic heterocycles. The standard InChI is InChI=1S/C21H23NO5/c1-25-19(23)15-21(11-13-26-14-12-21)22-20(24)16-7-9-18(10-8-16)27-17-5-3-2-4-6-17/h2-10H,11-15H2,1H3,(H,22,24). The molecule has 0 unspecified atom stereocenters. The molecule has 27 heavy (non-hydrogen) atoms. The average molecular weight is 369 g/mol. The molecule has 1 heterocycles. The number of ether oxygens (including phenoxy) is 3. The van der Waals surface area contributed by atoms with E-state index >= 15 is 0 Å². The van der Waals surface area contributed by atoms with Crippen molar-refractivity contribution in [2.24, 2.45) is 0 Å². The third kappa shape index (κ3) is 5.08. The lowest BCUT2D eigenvalue weighted by atomic mass is 9.86. The number of hydrogen-bond donors (Lipinski definition) is 1. The van der Waals surface area contributed by atoms with Gasteiger partial charge in [-0.25, -0.2) is 0 Å². The smallest absolute Gasteiger partial charge is 0.307 e. The summed E-state index contributed by atoms with van der Waals surface area (Å²) in [5.74, 6) is 0.804. The molecule has 3 rings (SSSR count). The number of carbonyl (C=O) groups excluding carboxylic acids is 2. The molecule has 1 aliphatic rings. The summed E-state index contributed by atoms with van der Waals surface area (Å²) in [4.78, 5) is 24.5. The van der Waals surface area contributed by atoms with Crippen molar-refractivity contribution < 1.29 is 23.8 Å². The van der Waals surface area contributed by atoms with Crippen LogP contribution < -0.4 is 10.1 Å². The molecule has 0 aliphatic carbocycles. The van der Waals surface area contributed by atoms with E-state index in [1.807, 2.05) is 30.3 Å². The summed E-state index contributed by atoms with van der Waals surface area (Å²) < 4.78 is 15.9. The zero-order chi connectivity index (χ0) is 19.1. The maximum absolute atomic E-state index is 12.7. The molecule has 0 saturated carbocycles. The third-order valence-electron chi connectivity index (χ3n) is 4.63. The van der Waals surface area contributed by atoms with Crippen LogP contribution in [0.2, 0.25) is 0 Å². The Bertz CT molecular complexity index is 767. The number of nitrogens with one attached hydrogen (secondary N) is 1. The number of methoxy groups -OCH3 is 1. The predicted octanol–water partition coefficient (Wildman–Crippen LogP) is 3.32. The van der Waals surface area contributed by atoms with Gasteiger partial charge in [-0.3, -0.25) is 9.59 Å². The molecule has 0 spiro atoms. The highest BCUT2D eigenvalue weighted by Crippen LogP contribution is 2.26. The van der Waals surface area contributed by atoms with Crippen LogP contribution in [0.25, 0.3) is 0 Å². The second kappa shape index (κ2) is 8.68. The Hall–Kier alpha value is -2.86. The average Bonchev–Trinajstić information content (AvgIpc) is 2.69. The number of esters is 1. The van der Waals surface area contributed by atoms with Gasteiger partial charge in [-0.15, -0.1) is 0 Å². The van der Waals surface area contributed by atoms with Gasteiger partial charge in [0.25, 0.3) is 5.91 Å². The van der Waals surface area contributed by atoms with Gasteiger partial charge in [-0.1, -0.05) is 18.2 Å². The van der Waals surface area contributed by atoms with E-state index in [0.717, 1.165) is 5.75 Å². The first-order valence-corrected chi connectivity index (χ1v) is 8.90. The molecule has 142 valence electrons. The lowest BCUT2D eigenvalue weighted by Gasteiger charge is -2.37. The van der Waals surface area contributed by atoms with Crippen molar-refractivity contribution in [1.29, 1.82) is 0 Å². The zero-order valence-electron chi connectivity index (χ0n) is 15.3. The second-order valence-electron chi connectivity index (χ2n) is 6.54. The Balaban J connectivity index is 1.67. The third-order valence-corrected chi connectivity index (χ3v) is 4.63. The van der Waals surface area contributed by atoms with Crippen LogP contribution >= 0.6 is 0 Å². The summed E-state index contributed by atoms with van der Waals surface area (Å²) in [6, 6.07) is 16.3. The molecule has 0 radical (unpaired) electrons. The van der Waals surface area contributed by atoms with Crippen molar-refractivity contribution in [3.63, 3.8) is 0 Å². The van der Waals surface area contributed by atoms with Crippen molar-refractivity contribution >= 4 is 11.9 Å². The maximum atomic E-state index is 12.7. The SMILES string of the molecule is COC(=O)CC1(NC(=O)c2ccc(Oc3ccccc3)cc2)CCOCC1. The molecule has 6 nitrogen and oxygen atoms in total. The van der Waals surface area contributed by atoms with Gasteiger partial charge in [-0.05, 0) is 49.2 Å². The van der Waals surface area contributed by atoms with E-state index in [9.17, 15) is 9.59 Å². The van der Waals surface area contributed by atoms with Crippen LogP contribution in [-0.2, 0) is 14.3 Å². The molecule has 2 aromatic carbocycles. The van der Waals surface area contributed by atoms with Crippen LogP contribution in [0.1, 0.15) is 29.6 Å². The zero-order valence-corrected chi connectivity index (χ0v) is 15.3. The highest BCUT2D eigenvalue weighted by atomic mass is 16.5. The molecule has 1 saturated heterocycles. The largest absolute Gasteiger partial charge is 0.469 e. The Kier molecular flexibility index (Phi) is 6.08. The minimum absolute atomic E-state index is 0.133. The molecule has 0 atom stereocenters. The van der Waals surface area contributed by atoms with E-state index in [1.165, 1.54) is 7.11 Å². The molecule has 2 aromatic rings. The van der Waals surface area contributed by atoms with E-state index in [-0.39, 0.29) is 18.3 Å². The van der Waals surface area contributed by atoms with Crippen LogP contribution in [0.3, 0.4) is 0 Å². The minimum Gasteiger partial charge on any atom is -0.469 e. The van der Waals surface area contributed by atoms with Crippen molar-refractivity contribution in [3.05, 3.63) is 60.2 Å². The number of hydrogen-bond acceptors (Lipinski definition) is 5. The molecule has 6 heteroatoms. The van der Waals surface area contributed by atoms with Crippen LogP contribution in [-0.4, -0.2) is 37.7 Å². The Morgan fingerprint density at radius 2 is 1.63 bits per heavy atom. The van der Waals surface area contributed by atoms with Gasteiger partial charge in [-0.2, -0.15) is 0 Å². The van der Waals surface area contributed by atoms with Crippen molar-refractivity contribution in [2.45, 2.75) is 24.8 Å². The van der Waals surface area contributed by atoms with E-state index < -0.39 is 5.54 Å². The minimum atomic E-state index is -0.637. The van der Waals surface area contributed by atoms with Crippen LogP contribution in [0.5, 0.6) is 11.5 Å². The van der Waals surface area contributed by atoms with Crippen molar-refractivity contribution in [1.82, 2.24) is 5.32 Å². The quantitative estimate of drug-likeness (QED) is 0.791. The van der Waals surface area contributed by atoms with E-state index in [4.69, 9.17) is 14.2 Å². The summed E-state index contributed by atoms with van der Waals surface area (Å²) in [6.45, 7) is 1.00. The predicted molar refractivity (Wildman–Crippen MR) is 99.8 cm³/mol. The fourth-order valence-electron chi connectivity index (χ4n) is 3.07. The Labute approximate surface area is 158 Å². The normalized spacial score (nSPS) is 15.6. The fourth-order valence-corrected chi connectivity index (χ4v) is 3.07. The van der Waals surface area contributed by atoms with Crippen molar-refractivity contribution in [2.75, 3.05) is 20.3 Å². The maximum Gasteiger partial charge on any atom is 0.307 e. The Morgan fingerprint density at radius 1 is 1.00 bits per heavy atom. The number of rotatable bonds is 6. The number of carbonyl (C=O) groups is 2. The molecular formula is C21H23NO5. The summed E-state index contributed by atoms with van der Waals surface area (Å²) in [6.07, 6.45) is 1.28. The molecular weight excluding hydrogens is 346 g/mol. The van der Waals surface area contributed by atoms with Gasteiger partial charge < -0.3 is 19.5 Å². The van der Waals surface area contributed by atoms with Crippen LogP contribution in [0.4, 0.5) is 0 Å². The molecule has 1 aliphatic heterocycles. The van der Waals surface area contributed by atoms with Gasteiger partial charge in [0.05, 0.1) is 19.1 Å². The van der Waals surface area contributed by atoms with Crippen LogP contribution in [0, 0.1) is 0 Å². The highest BCUT2D eigenvalue weighted by molar-refractivity contribution is 5.95. The number of para-hydroxylation sites is 1. The molecule has 1 N–H and O–H groups in total. The highest BCUT2D eigenvalue weighted by Gasteiger charge is 2.37. The van der Waals surface area contributed by atoms with Crippen LogP contribution in [0.15, 0.2) is 54.6 Å². The summed E-state index contributed by atoms with van der Waals surface area (Å²) >= 11 is 0. The van der Waals surface area contributed by atoms with E-state index in [0.29, 0.717) is 37.4 Å². The number of amides is 1. The fraction of sp³-hybridized carbons (Fsp3) is 0.333. The lowest BCUT2D eigenvalue weighted by molar-refractivity contribution is -0.143.